The van der Waals surface area contributed by atoms with Crippen LogP contribution in [-0.2, 0) is 19.7 Å². The van der Waals surface area contributed by atoms with Crippen LogP contribution in [-0.4, -0.2) is 18.5 Å². The van der Waals surface area contributed by atoms with Gasteiger partial charge in [-0.15, -0.1) is 0 Å². The van der Waals surface area contributed by atoms with Gasteiger partial charge in [0.25, 0.3) is 5.91 Å². The molecule has 2 aromatic rings. The maximum Gasteiger partial charge on any atom is 0.317 e. The maximum atomic E-state index is 14.3. The Kier molecular flexibility index (Phi) is 5.71. The number of esters is 1. The molecule has 6 heteroatoms. The van der Waals surface area contributed by atoms with Gasteiger partial charge in [-0.2, -0.15) is 0 Å². The lowest BCUT2D eigenvalue weighted by molar-refractivity contribution is -0.153. The summed E-state index contributed by atoms with van der Waals surface area (Å²) < 4.78 is 20.3. The molecule has 1 N–H and O–H groups in total. The number of anilines is 1. The fourth-order valence-electron chi connectivity index (χ4n) is 3.43. The van der Waals surface area contributed by atoms with Gasteiger partial charge in [0.05, 0.1) is 11.1 Å². The molecule has 0 unspecified atom stereocenters. The topological polar surface area (TPSA) is 55.4 Å². The molecule has 0 atom stereocenters. The van der Waals surface area contributed by atoms with Gasteiger partial charge in [0.1, 0.15) is 5.82 Å². The first-order chi connectivity index (χ1) is 12.5. The van der Waals surface area contributed by atoms with Crippen LogP contribution in [0.1, 0.15) is 31.2 Å². The lowest BCUT2D eigenvalue weighted by Gasteiger charge is -2.27. The fraction of sp³-hybridized carbons (Fsp3) is 0.300. The molecule has 0 radical (unpaired) electrons. The van der Waals surface area contributed by atoms with Crippen molar-refractivity contribution >= 4 is 33.5 Å². The molecule has 0 saturated heterocycles. The van der Waals surface area contributed by atoms with Crippen molar-refractivity contribution in [2.24, 2.45) is 0 Å². The quantitative estimate of drug-likeness (QED) is 0.721. The molecule has 136 valence electrons. The van der Waals surface area contributed by atoms with Crippen LogP contribution in [0.25, 0.3) is 0 Å². The molecule has 0 spiro atoms. The van der Waals surface area contributed by atoms with Crippen molar-refractivity contribution in [2.45, 2.75) is 31.1 Å². The number of halogens is 2. The Hall–Kier alpha value is -2.21. The highest BCUT2D eigenvalue weighted by molar-refractivity contribution is 9.10. The Morgan fingerprint density at radius 1 is 1.08 bits per heavy atom. The molecule has 1 fully saturated rings. The minimum absolute atomic E-state index is 0.355. The van der Waals surface area contributed by atoms with E-state index in [4.69, 9.17) is 4.74 Å². The monoisotopic (exact) mass is 419 g/mol. The maximum absolute atomic E-state index is 14.3. The standard InChI is InChI=1S/C20H19BrFNO3/c21-15-8-2-4-10-17(15)23-18(24)13-26-19(25)20(11-5-6-12-20)14-7-1-3-9-16(14)22/h1-4,7-10H,5-6,11-13H2,(H,23,24). The Labute approximate surface area is 159 Å². The summed E-state index contributed by atoms with van der Waals surface area (Å²) in [5.41, 5.74) is -0.0502. The van der Waals surface area contributed by atoms with Crippen molar-refractivity contribution < 1.29 is 18.7 Å². The molecule has 0 aliphatic heterocycles. The van der Waals surface area contributed by atoms with Crippen LogP contribution in [0.4, 0.5) is 10.1 Å². The minimum atomic E-state index is -1.00. The van der Waals surface area contributed by atoms with Crippen molar-refractivity contribution in [3.05, 3.63) is 64.4 Å². The molecule has 1 aliphatic rings. The van der Waals surface area contributed by atoms with Gasteiger partial charge in [-0.3, -0.25) is 9.59 Å². The van der Waals surface area contributed by atoms with E-state index in [9.17, 15) is 14.0 Å². The van der Waals surface area contributed by atoms with Crippen LogP contribution < -0.4 is 5.32 Å². The third-order valence-corrected chi connectivity index (χ3v) is 5.41. The minimum Gasteiger partial charge on any atom is -0.455 e. The highest BCUT2D eigenvalue weighted by Crippen LogP contribution is 2.43. The van der Waals surface area contributed by atoms with Gasteiger partial charge >= 0.3 is 5.97 Å². The number of ether oxygens (including phenoxy) is 1. The zero-order chi connectivity index (χ0) is 18.6. The summed E-state index contributed by atoms with van der Waals surface area (Å²) in [7, 11) is 0. The lowest BCUT2D eigenvalue weighted by Crippen LogP contribution is -2.37. The van der Waals surface area contributed by atoms with Crippen molar-refractivity contribution in [1.29, 1.82) is 0 Å². The molecule has 0 heterocycles. The smallest absolute Gasteiger partial charge is 0.317 e. The number of carbonyl (C=O) groups excluding carboxylic acids is 2. The zero-order valence-corrected chi connectivity index (χ0v) is 15.7. The van der Waals surface area contributed by atoms with E-state index in [1.165, 1.54) is 6.07 Å². The van der Waals surface area contributed by atoms with Gasteiger partial charge in [-0.1, -0.05) is 43.2 Å². The summed E-state index contributed by atoms with van der Waals surface area (Å²) in [5.74, 6) is -1.39. The van der Waals surface area contributed by atoms with E-state index in [2.05, 4.69) is 21.2 Å². The van der Waals surface area contributed by atoms with Gasteiger partial charge in [0, 0.05) is 10.0 Å². The summed E-state index contributed by atoms with van der Waals surface area (Å²) in [6.07, 6.45) is 2.70. The van der Waals surface area contributed by atoms with Gasteiger partial charge in [-0.25, -0.2) is 4.39 Å². The van der Waals surface area contributed by atoms with E-state index in [0.717, 1.165) is 17.3 Å². The first-order valence-electron chi connectivity index (χ1n) is 8.49. The number of rotatable bonds is 5. The molecule has 26 heavy (non-hydrogen) atoms. The summed E-state index contributed by atoms with van der Waals surface area (Å²) in [4.78, 5) is 24.9. The van der Waals surface area contributed by atoms with Crippen LogP contribution >= 0.6 is 15.9 Å². The predicted molar refractivity (Wildman–Crippen MR) is 100 cm³/mol. The highest BCUT2D eigenvalue weighted by Gasteiger charge is 2.45. The molecule has 0 bridgehead atoms. The number of benzene rings is 2. The van der Waals surface area contributed by atoms with Crippen molar-refractivity contribution in [2.75, 3.05) is 11.9 Å². The SMILES string of the molecule is O=C(COC(=O)C1(c2ccccc2F)CCCC1)Nc1ccccc1Br. The van der Waals surface area contributed by atoms with Crippen LogP contribution in [0.3, 0.4) is 0 Å². The molecular formula is C20H19BrFNO3. The fourth-order valence-corrected chi connectivity index (χ4v) is 3.81. The number of carbonyl (C=O) groups is 2. The zero-order valence-electron chi connectivity index (χ0n) is 14.1. The van der Waals surface area contributed by atoms with Gasteiger partial charge in [0.2, 0.25) is 0 Å². The highest BCUT2D eigenvalue weighted by atomic mass is 79.9. The Morgan fingerprint density at radius 3 is 2.42 bits per heavy atom. The third kappa shape index (κ3) is 3.80. The van der Waals surface area contributed by atoms with E-state index in [0.29, 0.717) is 24.1 Å². The van der Waals surface area contributed by atoms with E-state index < -0.39 is 29.7 Å². The third-order valence-electron chi connectivity index (χ3n) is 4.72. The average molecular weight is 420 g/mol. The number of hydrogen-bond acceptors (Lipinski definition) is 3. The Bertz CT molecular complexity index is 818. The normalized spacial score (nSPS) is 15.5. The van der Waals surface area contributed by atoms with Crippen LogP contribution in [0, 0.1) is 5.82 Å². The van der Waals surface area contributed by atoms with Gasteiger partial charge in [-0.05, 0) is 47.0 Å². The largest absolute Gasteiger partial charge is 0.455 e. The van der Waals surface area contributed by atoms with E-state index in [-0.39, 0.29) is 0 Å². The molecule has 3 rings (SSSR count). The molecule has 2 aromatic carbocycles. The molecule has 1 aliphatic carbocycles. The molecule has 0 aromatic heterocycles. The van der Waals surface area contributed by atoms with Crippen LogP contribution in [0.5, 0.6) is 0 Å². The van der Waals surface area contributed by atoms with E-state index in [1.54, 1.807) is 36.4 Å². The molecule has 1 amide bonds. The van der Waals surface area contributed by atoms with Crippen molar-refractivity contribution in [3.63, 3.8) is 0 Å². The summed E-state index contributed by atoms with van der Waals surface area (Å²) >= 11 is 3.34. The van der Waals surface area contributed by atoms with E-state index in [1.807, 2.05) is 6.07 Å². The Morgan fingerprint density at radius 2 is 1.73 bits per heavy atom. The number of nitrogens with one attached hydrogen (secondary N) is 1. The molecular weight excluding hydrogens is 401 g/mol. The summed E-state index contributed by atoms with van der Waals surface area (Å²) in [5, 5.41) is 2.68. The first-order valence-corrected chi connectivity index (χ1v) is 9.29. The van der Waals surface area contributed by atoms with Gasteiger partial charge in [0.15, 0.2) is 6.61 Å². The number of amides is 1. The van der Waals surface area contributed by atoms with Gasteiger partial charge < -0.3 is 10.1 Å². The first kappa shape index (κ1) is 18.6. The lowest BCUT2D eigenvalue weighted by atomic mass is 9.78. The number of para-hydroxylation sites is 1. The second-order valence-electron chi connectivity index (χ2n) is 6.37. The van der Waals surface area contributed by atoms with Crippen molar-refractivity contribution in [1.82, 2.24) is 0 Å². The molecule has 1 saturated carbocycles. The summed E-state index contributed by atoms with van der Waals surface area (Å²) in [6.45, 7) is -0.406. The number of hydrogen-bond donors (Lipinski definition) is 1. The second kappa shape index (κ2) is 7.99. The van der Waals surface area contributed by atoms with Crippen LogP contribution in [0.15, 0.2) is 53.0 Å². The molecule has 4 nitrogen and oxygen atoms in total. The predicted octanol–water partition coefficient (Wildman–Crippen LogP) is 4.58. The summed E-state index contributed by atoms with van der Waals surface area (Å²) in [6, 6.07) is 13.4. The van der Waals surface area contributed by atoms with Crippen LogP contribution in [0.2, 0.25) is 0 Å². The van der Waals surface area contributed by atoms with E-state index >= 15 is 0 Å². The Balaban J connectivity index is 1.69. The van der Waals surface area contributed by atoms with Crippen molar-refractivity contribution in [3.8, 4) is 0 Å². The second-order valence-corrected chi connectivity index (χ2v) is 7.23. The average Bonchev–Trinajstić information content (AvgIpc) is 3.13.